The molecular formula is C17H22N4O2. The van der Waals surface area contributed by atoms with Gasteiger partial charge in [0.25, 0.3) is 0 Å². The van der Waals surface area contributed by atoms with Gasteiger partial charge in [-0.3, -0.25) is 9.59 Å². The summed E-state index contributed by atoms with van der Waals surface area (Å²) in [5, 5.41) is 17.8. The Morgan fingerprint density at radius 1 is 0.957 bits per heavy atom. The fourth-order valence-electron chi connectivity index (χ4n) is 2.48. The van der Waals surface area contributed by atoms with Crippen molar-refractivity contribution in [3.63, 3.8) is 0 Å². The number of hydrogen-bond acceptors (Lipinski definition) is 4. The van der Waals surface area contributed by atoms with Crippen LogP contribution in [0.2, 0.25) is 0 Å². The van der Waals surface area contributed by atoms with Gasteiger partial charge < -0.3 is 16.0 Å². The summed E-state index contributed by atoms with van der Waals surface area (Å²) in [7, 11) is 0. The number of carbonyl (C=O) groups excluding carboxylic acids is 2. The monoisotopic (exact) mass is 314 g/mol. The van der Waals surface area contributed by atoms with Crippen LogP contribution in [0.1, 0.15) is 24.0 Å². The van der Waals surface area contributed by atoms with Crippen molar-refractivity contribution >= 4 is 11.8 Å². The van der Waals surface area contributed by atoms with E-state index in [1.165, 1.54) is 0 Å². The van der Waals surface area contributed by atoms with Crippen LogP contribution < -0.4 is 16.0 Å². The first-order valence-corrected chi connectivity index (χ1v) is 7.96. The van der Waals surface area contributed by atoms with Gasteiger partial charge in [-0.05, 0) is 50.0 Å². The predicted octanol–water partition coefficient (Wildman–Crippen LogP) is 0.333. The van der Waals surface area contributed by atoms with E-state index in [0.29, 0.717) is 25.1 Å². The van der Waals surface area contributed by atoms with Crippen LogP contribution in [0.25, 0.3) is 0 Å². The molecule has 1 saturated heterocycles. The highest BCUT2D eigenvalue weighted by molar-refractivity contribution is 6.00. The predicted molar refractivity (Wildman–Crippen MR) is 86.5 cm³/mol. The molecule has 3 N–H and O–H groups in total. The van der Waals surface area contributed by atoms with Crippen LogP contribution in [0, 0.1) is 17.2 Å². The summed E-state index contributed by atoms with van der Waals surface area (Å²) in [6, 6.07) is 9.04. The van der Waals surface area contributed by atoms with Crippen molar-refractivity contribution in [1.82, 2.24) is 16.0 Å². The second kappa shape index (κ2) is 8.91. The van der Waals surface area contributed by atoms with Gasteiger partial charge in [0.15, 0.2) is 0 Å². The summed E-state index contributed by atoms with van der Waals surface area (Å²) < 4.78 is 0. The molecule has 0 aliphatic carbocycles. The highest BCUT2D eigenvalue weighted by Crippen LogP contribution is 2.11. The summed E-state index contributed by atoms with van der Waals surface area (Å²) in [4.78, 5) is 24.6. The van der Waals surface area contributed by atoms with Gasteiger partial charge in [0.2, 0.25) is 11.8 Å². The Balaban J connectivity index is 2.06. The van der Waals surface area contributed by atoms with E-state index in [1.807, 2.05) is 0 Å². The van der Waals surface area contributed by atoms with E-state index in [0.717, 1.165) is 31.5 Å². The number of nitrogens with zero attached hydrogens (tertiary/aromatic N) is 1. The van der Waals surface area contributed by atoms with Crippen LogP contribution in [-0.4, -0.2) is 38.0 Å². The van der Waals surface area contributed by atoms with Crippen LogP contribution in [0.5, 0.6) is 0 Å². The quantitative estimate of drug-likeness (QED) is 0.686. The van der Waals surface area contributed by atoms with Crippen molar-refractivity contribution in [2.45, 2.75) is 19.3 Å². The Hall–Kier alpha value is -2.39. The zero-order chi connectivity index (χ0) is 16.5. The molecule has 2 rings (SSSR count). The van der Waals surface area contributed by atoms with Crippen molar-refractivity contribution in [3.05, 3.63) is 35.4 Å². The molecule has 122 valence electrons. The Morgan fingerprint density at radius 2 is 1.52 bits per heavy atom. The Bertz CT molecular complexity index is 555. The van der Waals surface area contributed by atoms with E-state index in [4.69, 9.17) is 5.26 Å². The summed E-state index contributed by atoms with van der Waals surface area (Å²) in [6.07, 6.45) is 2.02. The van der Waals surface area contributed by atoms with Gasteiger partial charge in [-0.1, -0.05) is 12.1 Å². The zero-order valence-electron chi connectivity index (χ0n) is 13.1. The smallest absolute Gasteiger partial charge is 0.232 e. The molecule has 0 saturated carbocycles. The molecule has 0 aromatic heterocycles. The van der Waals surface area contributed by atoms with Gasteiger partial charge in [0, 0.05) is 13.1 Å². The third-order valence-electron chi connectivity index (χ3n) is 3.81. The number of hydrogen-bond donors (Lipinski definition) is 3. The molecule has 1 heterocycles. The molecule has 0 radical (unpaired) electrons. The van der Waals surface area contributed by atoms with Crippen molar-refractivity contribution in [3.8, 4) is 6.07 Å². The summed E-state index contributed by atoms with van der Waals surface area (Å²) >= 11 is 0. The van der Waals surface area contributed by atoms with Crippen LogP contribution in [0.3, 0.4) is 0 Å². The molecule has 1 aliphatic rings. The molecule has 2 amide bonds. The molecule has 0 spiro atoms. The molecule has 23 heavy (non-hydrogen) atoms. The molecule has 0 atom stereocenters. The average Bonchev–Trinajstić information content (AvgIpc) is 2.57. The number of benzene rings is 1. The largest absolute Gasteiger partial charge is 0.355 e. The van der Waals surface area contributed by atoms with E-state index in [9.17, 15) is 9.59 Å². The summed E-state index contributed by atoms with van der Waals surface area (Å²) in [5.74, 6) is -1.23. The third-order valence-corrected chi connectivity index (χ3v) is 3.81. The maximum absolute atomic E-state index is 12.3. The van der Waals surface area contributed by atoms with Crippen molar-refractivity contribution in [2.24, 2.45) is 5.92 Å². The standard InChI is InChI=1S/C17H22N4O2/c18-12-14-5-3-13(4-6-14)11-15-16(22)20-9-1-7-19-8-2-10-21-17(15)23/h3-6,15,19H,1-2,7-11H2,(H,20,22)(H,21,23). The third kappa shape index (κ3) is 5.38. The normalized spacial score (nSPS) is 18.0. The van der Waals surface area contributed by atoms with Crippen LogP contribution >= 0.6 is 0 Å². The highest BCUT2D eigenvalue weighted by Gasteiger charge is 2.26. The highest BCUT2D eigenvalue weighted by atomic mass is 16.2. The summed E-state index contributed by atoms with van der Waals surface area (Å²) in [6.45, 7) is 2.83. The second-order valence-electron chi connectivity index (χ2n) is 5.60. The molecule has 0 unspecified atom stereocenters. The van der Waals surface area contributed by atoms with Crippen LogP contribution in [0.15, 0.2) is 24.3 Å². The maximum atomic E-state index is 12.3. The molecule has 0 bridgehead atoms. The van der Waals surface area contributed by atoms with E-state index in [2.05, 4.69) is 22.0 Å². The topological polar surface area (TPSA) is 94.0 Å². The van der Waals surface area contributed by atoms with Gasteiger partial charge in [-0.25, -0.2) is 0 Å². The average molecular weight is 314 g/mol. The number of nitrogens with one attached hydrogen (secondary N) is 3. The van der Waals surface area contributed by atoms with Gasteiger partial charge in [-0.2, -0.15) is 5.26 Å². The van der Waals surface area contributed by atoms with Crippen molar-refractivity contribution in [1.29, 1.82) is 5.26 Å². The maximum Gasteiger partial charge on any atom is 0.232 e. The summed E-state index contributed by atoms with van der Waals surface area (Å²) in [5.41, 5.74) is 1.43. The number of rotatable bonds is 2. The first-order chi connectivity index (χ1) is 11.2. The van der Waals surface area contributed by atoms with E-state index in [1.54, 1.807) is 24.3 Å². The number of nitriles is 1. The Morgan fingerprint density at radius 3 is 2.04 bits per heavy atom. The Labute approximate surface area is 136 Å². The van der Waals surface area contributed by atoms with E-state index < -0.39 is 5.92 Å². The van der Waals surface area contributed by atoms with Gasteiger partial charge in [0.1, 0.15) is 5.92 Å². The fourth-order valence-corrected chi connectivity index (χ4v) is 2.48. The Kier molecular flexibility index (Phi) is 6.57. The van der Waals surface area contributed by atoms with Crippen LogP contribution in [0.4, 0.5) is 0 Å². The van der Waals surface area contributed by atoms with Crippen molar-refractivity contribution < 1.29 is 9.59 Å². The van der Waals surface area contributed by atoms with Gasteiger partial charge in [-0.15, -0.1) is 0 Å². The minimum absolute atomic E-state index is 0.243. The lowest BCUT2D eigenvalue weighted by Gasteiger charge is -2.18. The lowest BCUT2D eigenvalue weighted by Crippen LogP contribution is -2.44. The number of carbonyl (C=O) groups is 2. The lowest BCUT2D eigenvalue weighted by atomic mass is 9.96. The molecule has 1 aromatic rings. The second-order valence-corrected chi connectivity index (χ2v) is 5.60. The van der Waals surface area contributed by atoms with Gasteiger partial charge in [0.05, 0.1) is 11.6 Å². The zero-order valence-corrected chi connectivity index (χ0v) is 13.1. The SMILES string of the molecule is N#Cc1ccc(CC2C(=O)NCCCNCCCNC2=O)cc1. The first-order valence-electron chi connectivity index (χ1n) is 7.96. The molecule has 1 aromatic carbocycles. The minimum atomic E-state index is -0.740. The van der Waals surface area contributed by atoms with Gasteiger partial charge >= 0.3 is 0 Å². The number of amides is 2. The first kappa shape index (κ1) is 17.0. The lowest BCUT2D eigenvalue weighted by molar-refractivity contribution is -0.135. The van der Waals surface area contributed by atoms with Crippen molar-refractivity contribution in [2.75, 3.05) is 26.2 Å². The van der Waals surface area contributed by atoms with E-state index >= 15 is 0 Å². The fraction of sp³-hybridized carbons (Fsp3) is 0.471. The van der Waals surface area contributed by atoms with Crippen LogP contribution in [-0.2, 0) is 16.0 Å². The molecular weight excluding hydrogens is 292 g/mol. The molecule has 1 fully saturated rings. The molecule has 6 nitrogen and oxygen atoms in total. The molecule has 6 heteroatoms. The van der Waals surface area contributed by atoms with E-state index in [-0.39, 0.29) is 11.8 Å². The minimum Gasteiger partial charge on any atom is -0.355 e. The molecule has 1 aliphatic heterocycles.